The van der Waals surface area contributed by atoms with Crippen LogP contribution in [-0.4, -0.2) is 48.2 Å². The molecule has 4 rings (SSSR count). The number of hydrogen-bond acceptors (Lipinski definition) is 7. The smallest absolute Gasteiger partial charge is 0.164 e. The molecular weight excluding hydrogens is 356 g/mol. The molecule has 4 aromatic rings. The van der Waals surface area contributed by atoms with Gasteiger partial charge in [0, 0.05) is 45.4 Å². The van der Waals surface area contributed by atoms with E-state index >= 15 is 0 Å². The van der Waals surface area contributed by atoms with E-state index in [0.29, 0.717) is 18.2 Å². The Labute approximate surface area is 162 Å². The van der Waals surface area contributed by atoms with E-state index in [1.807, 2.05) is 43.9 Å². The van der Waals surface area contributed by atoms with Crippen LogP contribution in [0.4, 0.5) is 5.82 Å². The topological polar surface area (TPSA) is 95.6 Å². The molecule has 4 heterocycles. The predicted molar refractivity (Wildman–Crippen MR) is 106 cm³/mol. The van der Waals surface area contributed by atoms with Gasteiger partial charge in [0.05, 0.1) is 29.4 Å². The third-order valence-corrected chi connectivity index (χ3v) is 4.66. The summed E-state index contributed by atoms with van der Waals surface area (Å²) < 4.78 is 9.05. The minimum Gasteiger partial charge on any atom is -0.382 e. The number of nitrogens with one attached hydrogen (secondary N) is 1. The van der Waals surface area contributed by atoms with Gasteiger partial charge in [0.25, 0.3) is 0 Å². The molecule has 9 heteroatoms. The predicted octanol–water partition coefficient (Wildman–Crippen LogP) is 2.27. The van der Waals surface area contributed by atoms with Crippen molar-refractivity contribution in [2.24, 2.45) is 14.1 Å². The van der Waals surface area contributed by atoms with E-state index in [-0.39, 0.29) is 6.04 Å². The second kappa shape index (κ2) is 7.35. The quantitative estimate of drug-likeness (QED) is 0.550. The summed E-state index contributed by atoms with van der Waals surface area (Å²) in [5.74, 6) is 1.33. The van der Waals surface area contributed by atoms with E-state index in [0.717, 1.165) is 28.0 Å². The van der Waals surface area contributed by atoms with Gasteiger partial charge in [0.2, 0.25) is 0 Å². The van der Waals surface area contributed by atoms with E-state index in [4.69, 9.17) is 14.7 Å². The summed E-state index contributed by atoms with van der Waals surface area (Å²) in [6, 6.07) is 5.62. The van der Waals surface area contributed by atoms with Gasteiger partial charge in [-0.2, -0.15) is 10.2 Å². The van der Waals surface area contributed by atoms with Crippen LogP contribution in [0.15, 0.2) is 36.8 Å². The Kier molecular flexibility index (Phi) is 4.74. The molecule has 4 aromatic heterocycles. The molecule has 9 nitrogen and oxygen atoms in total. The van der Waals surface area contributed by atoms with Crippen molar-refractivity contribution in [1.82, 2.24) is 34.5 Å². The number of anilines is 1. The van der Waals surface area contributed by atoms with Crippen molar-refractivity contribution in [3.63, 3.8) is 0 Å². The first-order valence-corrected chi connectivity index (χ1v) is 8.93. The maximum absolute atomic E-state index is 5.44. The van der Waals surface area contributed by atoms with Crippen LogP contribution in [0.5, 0.6) is 0 Å². The molecule has 0 aromatic carbocycles. The summed E-state index contributed by atoms with van der Waals surface area (Å²) in [6.07, 6.45) is 5.23. The Morgan fingerprint density at radius 1 is 1.07 bits per heavy atom. The zero-order valence-electron chi connectivity index (χ0n) is 16.3. The van der Waals surface area contributed by atoms with Crippen LogP contribution in [0.25, 0.3) is 22.4 Å². The van der Waals surface area contributed by atoms with E-state index in [2.05, 4.69) is 20.5 Å². The van der Waals surface area contributed by atoms with Crippen molar-refractivity contribution >= 4 is 16.9 Å². The molecule has 0 bridgehead atoms. The number of rotatable bonds is 6. The number of aromatic nitrogens is 7. The zero-order chi connectivity index (χ0) is 19.7. The van der Waals surface area contributed by atoms with Gasteiger partial charge in [-0.05, 0) is 25.1 Å². The van der Waals surface area contributed by atoms with Crippen molar-refractivity contribution in [2.75, 3.05) is 19.0 Å². The molecule has 0 fully saturated rings. The maximum atomic E-state index is 5.44. The fourth-order valence-electron chi connectivity index (χ4n) is 3.33. The molecule has 0 radical (unpaired) electrons. The first kappa shape index (κ1) is 18.1. The summed E-state index contributed by atoms with van der Waals surface area (Å²) >= 11 is 0. The summed E-state index contributed by atoms with van der Waals surface area (Å²) in [4.78, 5) is 13.6. The average molecular weight is 378 g/mol. The number of hydrogen-bond donors (Lipinski definition) is 1. The van der Waals surface area contributed by atoms with Crippen LogP contribution in [0.1, 0.15) is 17.4 Å². The van der Waals surface area contributed by atoms with Crippen LogP contribution in [0, 0.1) is 6.92 Å². The minimum atomic E-state index is -0.125. The Morgan fingerprint density at radius 3 is 2.54 bits per heavy atom. The van der Waals surface area contributed by atoms with E-state index in [9.17, 15) is 0 Å². The summed E-state index contributed by atoms with van der Waals surface area (Å²) in [5.41, 5.74) is 3.52. The van der Waals surface area contributed by atoms with Gasteiger partial charge in [-0.1, -0.05) is 0 Å². The number of aryl methyl sites for hydroxylation is 3. The lowest BCUT2D eigenvalue weighted by Crippen LogP contribution is -2.20. The molecule has 1 unspecified atom stereocenters. The molecule has 0 spiro atoms. The highest BCUT2D eigenvalue weighted by Crippen LogP contribution is 2.29. The van der Waals surface area contributed by atoms with Gasteiger partial charge < -0.3 is 10.1 Å². The molecule has 1 N–H and O–H groups in total. The van der Waals surface area contributed by atoms with E-state index in [1.54, 1.807) is 30.4 Å². The van der Waals surface area contributed by atoms with Gasteiger partial charge in [-0.25, -0.2) is 9.97 Å². The van der Waals surface area contributed by atoms with Crippen molar-refractivity contribution < 1.29 is 4.74 Å². The molecular formula is C19H22N8O. The lowest BCUT2D eigenvalue weighted by molar-refractivity contribution is 0.184. The number of nitrogens with zero attached hydrogens (tertiary/aromatic N) is 7. The Bertz CT molecular complexity index is 1100. The highest BCUT2D eigenvalue weighted by Gasteiger charge is 2.21. The summed E-state index contributed by atoms with van der Waals surface area (Å²) in [6.45, 7) is 2.42. The van der Waals surface area contributed by atoms with Gasteiger partial charge in [0.15, 0.2) is 11.5 Å². The van der Waals surface area contributed by atoms with Crippen molar-refractivity contribution in [3.8, 4) is 11.4 Å². The SMILES string of the molecule is COCC(Nc1nc(-c2ccncc2)nc2c1c(C)nn2C)c1ccnn1C. The fraction of sp³-hybridized carbons (Fsp3) is 0.316. The van der Waals surface area contributed by atoms with Crippen LogP contribution in [-0.2, 0) is 18.8 Å². The summed E-state index contributed by atoms with van der Waals surface area (Å²) in [7, 11) is 5.47. The van der Waals surface area contributed by atoms with E-state index < -0.39 is 0 Å². The lowest BCUT2D eigenvalue weighted by Gasteiger charge is -2.20. The van der Waals surface area contributed by atoms with Crippen LogP contribution in [0.3, 0.4) is 0 Å². The van der Waals surface area contributed by atoms with Crippen LogP contribution < -0.4 is 5.32 Å². The number of fused-ring (bicyclic) bond motifs is 1. The molecule has 0 aliphatic carbocycles. The van der Waals surface area contributed by atoms with Gasteiger partial charge >= 0.3 is 0 Å². The molecule has 0 aliphatic rings. The molecule has 0 amide bonds. The number of ether oxygens (including phenoxy) is 1. The van der Waals surface area contributed by atoms with Gasteiger partial charge in [-0.15, -0.1) is 0 Å². The first-order chi connectivity index (χ1) is 13.6. The highest BCUT2D eigenvalue weighted by atomic mass is 16.5. The summed E-state index contributed by atoms with van der Waals surface area (Å²) in [5, 5.41) is 13.2. The second-order valence-corrected chi connectivity index (χ2v) is 6.57. The molecule has 0 aliphatic heterocycles. The largest absolute Gasteiger partial charge is 0.382 e. The van der Waals surface area contributed by atoms with Crippen molar-refractivity contribution in [2.45, 2.75) is 13.0 Å². The first-order valence-electron chi connectivity index (χ1n) is 8.93. The Morgan fingerprint density at radius 2 is 1.86 bits per heavy atom. The lowest BCUT2D eigenvalue weighted by atomic mass is 10.2. The normalized spacial score (nSPS) is 12.4. The monoisotopic (exact) mass is 378 g/mol. The highest BCUT2D eigenvalue weighted by molar-refractivity contribution is 5.91. The zero-order valence-corrected chi connectivity index (χ0v) is 16.3. The Balaban J connectivity index is 1.86. The second-order valence-electron chi connectivity index (χ2n) is 6.57. The molecule has 0 saturated heterocycles. The number of methoxy groups -OCH3 is 1. The van der Waals surface area contributed by atoms with E-state index in [1.165, 1.54) is 0 Å². The third-order valence-electron chi connectivity index (χ3n) is 4.66. The maximum Gasteiger partial charge on any atom is 0.164 e. The molecule has 144 valence electrons. The van der Waals surface area contributed by atoms with Crippen LogP contribution in [0.2, 0.25) is 0 Å². The number of pyridine rings is 1. The fourth-order valence-corrected chi connectivity index (χ4v) is 3.33. The van der Waals surface area contributed by atoms with Gasteiger partial charge in [0.1, 0.15) is 5.82 Å². The van der Waals surface area contributed by atoms with Gasteiger partial charge in [-0.3, -0.25) is 14.3 Å². The van der Waals surface area contributed by atoms with Crippen LogP contribution >= 0.6 is 0 Å². The average Bonchev–Trinajstić information content (AvgIpc) is 3.25. The Hall–Kier alpha value is -3.33. The minimum absolute atomic E-state index is 0.125. The third kappa shape index (κ3) is 3.20. The standard InChI is InChI=1S/C19H22N8O/c1-12-16-18(22-14(11-28-4)15-7-10-21-26(15)2)23-17(13-5-8-20-9-6-13)24-19(16)27(3)25-12/h5-10,14H,11H2,1-4H3,(H,22,23,24). The molecule has 28 heavy (non-hydrogen) atoms. The molecule has 1 atom stereocenters. The van der Waals surface area contributed by atoms with Crippen molar-refractivity contribution in [3.05, 3.63) is 48.2 Å². The van der Waals surface area contributed by atoms with Crippen molar-refractivity contribution in [1.29, 1.82) is 0 Å². The molecule has 0 saturated carbocycles.